The van der Waals surface area contributed by atoms with E-state index in [1.165, 1.54) is 0 Å². The van der Waals surface area contributed by atoms with Crippen LogP contribution in [0.4, 0.5) is 5.69 Å². The molecule has 1 fully saturated rings. The van der Waals surface area contributed by atoms with Crippen LogP contribution in [0.1, 0.15) is 76.1 Å². The van der Waals surface area contributed by atoms with E-state index in [9.17, 15) is 13.7 Å². The maximum atomic E-state index is 14.5. The zero-order chi connectivity index (χ0) is 38.3. The molecule has 0 bridgehead atoms. The highest BCUT2D eigenvalue weighted by Gasteiger charge is 2.51. The lowest BCUT2D eigenvalue weighted by Gasteiger charge is -2.50. The number of nitriles is 1. The van der Waals surface area contributed by atoms with Crippen molar-refractivity contribution in [3.05, 3.63) is 89.0 Å². The second-order valence-electron chi connectivity index (χ2n) is 15.5. The molecule has 1 saturated heterocycles. The Balaban J connectivity index is 1.57. The molecule has 9 nitrogen and oxygen atoms in total. The van der Waals surface area contributed by atoms with Gasteiger partial charge in [-0.1, -0.05) is 89.6 Å². The van der Waals surface area contributed by atoms with E-state index >= 15 is 0 Å². The predicted octanol–water partition coefficient (Wildman–Crippen LogP) is 8.23. The molecule has 2 aliphatic heterocycles. The number of hydrogen-bond donors (Lipinski definition) is 0. The Morgan fingerprint density at radius 1 is 0.906 bits per heavy atom. The predicted molar refractivity (Wildman–Crippen MR) is 214 cm³/mol. The molecule has 288 valence electrons. The van der Waals surface area contributed by atoms with E-state index in [0.717, 1.165) is 53.2 Å². The van der Waals surface area contributed by atoms with Gasteiger partial charge in [0.1, 0.15) is 12.4 Å². The van der Waals surface area contributed by atoms with Crippen molar-refractivity contribution < 1.29 is 27.1 Å². The summed E-state index contributed by atoms with van der Waals surface area (Å²) in [6, 6.07) is 23.7. The third-order valence-electron chi connectivity index (χ3n) is 11.2. The summed E-state index contributed by atoms with van der Waals surface area (Å²) in [6.45, 7) is 19.2. The molecule has 0 unspecified atom stereocenters. The number of fused-ring (bicyclic) bond motifs is 1. The normalized spacial score (nSPS) is 19.7. The number of aryl methyl sites for hydroxylation is 1. The van der Waals surface area contributed by atoms with Crippen molar-refractivity contribution in [3.63, 3.8) is 0 Å². The third-order valence-corrected chi connectivity index (χ3v) is 19.1. The lowest BCUT2D eigenvalue weighted by Crippen LogP contribution is -2.59. The zero-order valence-corrected chi connectivity index (χ0v) is 34.7. The zero-order valence-electron chi connectivity index (χ0n) is 32.9. The number of hydrogen-bond acceptors (Lipinski definition) is 8. The van der Waals surface area contributed by atoms with Crippen LogP contribution in [0, 0.1) is 18.3 Å². The van der Waals surface area contributed by atoms with Gasteiger partial charge in [0.25, 0.3) is 0 Å². The van der Waals surface area contributed by atoms with E-state index in [1.807, 2.05) is 43.3 Å². The van der Waals surface area contributed by atoms with Crippen molar-refractivity contribution in [1.82, 2.24) is 4.31 Å². The first-order valence-corrected chi connectivity index (χ1v) is 22.7. The SMILES string of the molecule is COCCCN1CCOc2ccc(CO[C@H]3CN(S(=O)(=O)c4ccc(C)cc4)C[C@@H](O[Si](C(C)C)(C(C)C)C(C)C)[C@@H]3c3ccc(CC#N)cc3)cc21. The molecule has 0 N–H and O–H groups in total. The lowest BCUT2D eigenvalue weighted by atomic mass is 9.85. The van der Waals surface area contributed by atoms with Crippen LogP contribution < -0.4 is 9.64 Å². The first-order valence-electron chi connectivity index (χ1n) is 19.1. The molecule has 3 atom stereocenters. The molecule has 0 radical (unpaired) electrons. The van der Waals surface area contributed by atoms with Gasteiger partial charge in [-0.05, 0) is 70.9 Å². The Kier molecular flexibility index (Phi) is 13.8. The molecule has 3 aromatic rings. The molecule has 0 aliphatic carbocycles. The Bertz CT molecular complexity index is 1770. The molecule has 11 heteroatoms. The molecule has 0 amide bonds. The first-order chi connectivity index (χ1) is 25.3. The Labute approximate surface area is 319 Å². The van der Waals surface area contributed by atoms with E-state index in [2.05, 4.69) is 70.7 Å². The van der Waals surface area contributed by atoms with E-state index in [1.54, 1.807) is 23.5 Å². The van der Waals surface area contributed by atoms with Gasteiger partial charge < -0.3 is 23.5 Å². The molecule has 2 aliphatic rings. The van der Waals surface area contributed by atoms with E-state index in [-0.39, 0.29) is 23.9 Å². The largest absolute Gasteiger partial charge is 0.490 e. The van der Waals surface area contributed by atoms with Crippen LogP contribution in [0.15, 0.2) is 71.6 Å². The van der Waals surface area contributed by atoms with Crippen molar-refractivity contribution >= 4 is 24.0 Å². The van der Waals surface area contributed by atoms with Gasteiger partial charge in [-0.25, -0.2) is 8.42 Å². The third kappa shape index (κ3) is 9.18. The van der Waals surface area contributed by atoms with Gasteiger partial charge in [0, 0.05) is 39.3 Å². The average molecular weight is 762 g/mol. The quantitative estimate of drug-likeness (QED) is 0.106. The summed E-state index contributed by atoms with van der Waals surface area (Å²) in [6.07, 6.45) is 0.262. The maximum absolute atomic E-state index is 14.5. The summed E-state index contributed by atoms with van der Waals surface area (Å²) in [5.74, 6) is 0.608. The van der Waals surface area contributed by atoms with Gasteiger partial charge in [0.05, 0.1) is 48.4 Å². The summed E-state index contributed by atoms with van der Waals surface area (Å²) >= 11 is 0. The molecule has 5 rings (SSSR count). The summed E-state index contributed by atoms with van der Waals surface area (Å²) in [5.41, 5.74) is 5.88. The Morgan fingerprint density at radius 3 is 2.17 bits per heavy atom. The second-order valence-corrected chi connectivity index (χ2v) is 22.9. The van der Waals surface area contributed by atoms with Gasteiger partial charge in [-0.15, -0.1) is 0 Å². The highest BCUT2D eigenvalue weighted by atomic mass is 32.2. The van der Waals surface area contributed by atoms with Crippen LogP contribution in [-0.4, -0.2) is 79.8 Å². The number of sulfonamides is 1. The van der Waals surface area contributed by atoms with Crippen molar-refractivity contribution in [2.75, 3.05) is 51.4 Å². The fourth-order valence-electron chi connectivity index (χ4n) is 8.56. The van der Waals surface area contributed by atoms with Crippen molar-refractivity contribution in [1.29, 1.82) is 5.26 Å². The fraction of sp³-hybridized carbons (Fsp3) is 0.548. The Hall–Kier alpha value is -3.24. The van der Waals surface area contributed by atoms with Gasteiger partial charge >= 0.3 is 0 Å². The number of methoxy groups -OCH3 is 1. The van der Waals surface area contributed by atoms with E-state index < -0.39 is 30.5 Å². The minimum Gasteiger partial charge on any atom is -0.490 e. The van der Waals surface area contributed by atoms with Crippen molar-refractivity contribution in [3.8, 4) is 11.8 Å². The highest BCUT2D eigenvalue weighted by molar-refractivity contribution is 7.89. The molecule has 53 heavy (non-hydrogen) atoms. The van der Waals surface area contributed by atoms with Crippen molar-refractivity contribution in [2.45, 2.75) is 108 Å². The maximum Gasteiger partial charge on any atom is 0.243 e. The van der Waals surface area contributed by atoms with Crippen LogP contribution in [0.2, 0.25) is 16.6 Å². The number of anilines is 1. The molecular weight excluding hydrogens is 703 g/mol. The number of nitrogens with zero attached hydrogens (tertiary/aromatic N) is 3. The average Bonchev–Trinajstić information content (AvgIpc) is 3.13. The molecule has 0 aromatic heterocycles. The number of rotatable bonds is 16. The van der Waals surface area contributed by atoms with Gasteiger partial charge in [-0.3, -0.25) is 0 Å². The van der Waals surface area contributed by atoms with Crippen LogP contribution in [0.5, 0.6) is 5.75 Å². The number of piperidine rings is 1. The summed E-state index contributed by atoms with van der Waals surface area (Å²) in [4.78, 5) is 2.60. The van der Waals surface area contributed by atoms with Gasteiger partial charge in [0.2, 0.25) is 18.3 Å². The summed E-state index contributed by atoms with van der Waals surface area (Å²) in [7, 11) is -4.64. The molecule has 3 aromatic carbocycles. The minimum atomic E-state index is -3.87. The second kappa shape index (κ2) is 17.9. The minimum absolute atomic E-state index is 0.178. The van der Waals surface area contributed by atoms with Crippen LogP contribution in [-0.2, 0) is 37.0 Å². The topological polar surface area (TPSA) is 101 Å². The molecular formula is C42H59N3O6SSi. The van der Waals surface area contributed by atoms with Crippen molar-refractivity contribution in [2.24, 2.45) is 0 Å². The lowest BCUT2D eigenvalue weighted by molar-refractivity contribution is -0.0504. The molecule has 0 saturated carbocycles. The summed E-state index contributed by atoms with van der Waals surface area (Å²) in [5, 5.41) is 9.38. The molecule has 0 spiro atoms. The molecule has 2 heterocycles. The number of ether oxygens (including phenoxy) is 3. The number of benzene rings is 3. The standard InChI is InChI=1S/C42H59N3O6SSi/c1-30(2)53(31(3)4,32(5)6)51-41-28-45(52(46,47)37-17-10-33(7)11-18-37)27-40(42(41)36-15-12-34(13-16-36)20-21-43)50-29-35-14-19-39-38(26-35)44(23-25-49-39)22-9-24-48-8/h10-19,26,30-32,40-42H,9,20,22-25,27-29H2,1-8H3/t40-,41+,42+/m0/s1. The first kappa shape index (κ1) is 40.9. The van der Waals surface area contributed by atoms with E-state index in [4.69, 9.17) is 18.6 Å². The van der Waals surface area contributed by atoms with E-state index in [0.29, 0.717) is 42.9 Å². The van der Waals surface area contributed by atoms with Crippen LogP contribution in [0.3, 0.4) is 0 Å². The van der Waals surface area contributed by atoms with Gasteiger partial charge in [-0.2, -0.15) is 9.57 Å². The van der Waals surface area contributed by atoms with Crippen LogP contribution in [0.25, 0.3) is 0 Å². The Morgan fingerprint density at radius 2 is 1.55 bits per heavy atom. The van der Waals surface area contributed by atoms with Crippen LogP contribution >= 0.6 is 0 Å². The summed E-state index contributed by atoms with van der Waals surface area (Å²) < 4.78 is 56.4. The highest BCUT2D eigenvalue weighted by Crippen LogP contribution is 2.46. The fourth-order valence-corrected chi connectivity index (χ4v) is 15.6. The monoisotopic (exact) mass is 761 g/mol. The van der Waals surface area contributed by atoms with Gasteiger partial charge in [0.15, 0.2) is 0 Å². The smallest absolute Gasteiger partial charge is 0.243 e.